The first-order valence-electron chi connectivity index (χ1n) is 7.65. The van der Waals surface area contributed by atoms with Crippen LogP contribution in [0.4, 0.5) is 5.69 Å². The number of anilines is 1. The second-order valence-electron chi connectivity index (χ2n) is 5.84. The molecule has 1 aromatic carbocycles. The summed E-state index contributed by atoms with van der Waals surface area (Å²) in [6.07, 6.45) is 6.24. The van der Waals surface area contributed by atoms with Crippen molar-refractivity contribution in [2.75, 3.05) is 11.9 Å². The third kappa shape index (κ3) is 4.90. The summed E-state index contributed by atoms with van der Waals surface area (Å²) in [6, 6.07) is 6.21. The molecule has 5 heteroatoms. The molecule has 1 aliphatic heterocycles. The van der Waals surface area contributed by atoms with Gasteiger partial charge in [-0.1, -0.05) is 24.4 Å². The van der Waals surface area contributed by atoms with Crippen molar-refractivity contribution in [1.29, 1.82) is 0 Å². The average Bonchev–Trinajstić information content (AvgIpc) is 2.66. The van der Waals surface area contributed by atoms with E-state index in [0.717, 1.165) is 18.7 Å². The second kappa shape index (κ2) is 7.66. The Morgan fingerprint density at radius 3 is 3.00 bits per heavy atom. The van der Waals surface area contributed by atoms with E-state index in [1.807, 2.05) is 6.07 Å². The third-order valence-electron chi connectivity index (χ3n) is 3.95. The standard InChI is InChI=1S/C16H24ClN3O/c1-11(9-12-5-3-2-4-8-19-12)20-13-6-7-14(16(18)21)15(17)10-13/h6-7,10-12,19-20H,2-5,8-9H2,1H3,(H2,18,21). The Hall–Kier alpha value is -1.26. The van der Waals surface area contributed by atoms with Crippen LogP contribution in [0.2, 0.25) is 5.02 Å². The van der Waals surface area contributed by atoms with E-state index < -0.39 is 5.91 Å². The lowest BCUT2D eigenvalue weighted by atomic mass is 10.0. The Kier molecular flexibility index (Phi) is 5.88. The number of primary amides is 1. The smallest absolute Gasteiger partial charge is 0.250 e. The molecule has 1 aliphatic rings. The van der Waals surface area contributed by atoms with Gasteiger partial charge in [-0.3, -0.25) is 4.79 Å². The molecule has 1 aromatic rings. The van der Waals surface area contributed by atoms with Crippen molar-refractivity contribution in [2.24, 2.45) is 5.73 Å². The van der Waals surface area contributed by atoms with Gasteiger partial charge in [0.25, 0.3) is 0 Å². The summed E-state index contributed by atoms with van der Waals surface area (Å²) in [5.74, 6) is -0.498. The van der Waals surface area contributed by atoms with Crippen LogP contribution in [-0.2, 0) is 0 Å². The summed E-state index contributed by atoms with van der Waals surface area (Å²) in [4.78, 5) is 11.2. The van der Waals surface area contributed by atoms with Crippen molar-refractivity contribution >= 4 is 23.2 Å². The molecule has 1 saturated heterocycles. The molecule has 2 rings (SSSR count). The molecule has 0 radical (unpaired) electrons. The van der Waals surface area contributed by atoms with Crippen LogP contribution in [0.3, 0.4) is 0 Å². The Balaban J connectivity index is 1.91. The van der Waals surface area contributed by atoms with Gasteiger partial charge in [0.15, 0.2) is 0 Å². The molecular weight excluding hydrogens is 286 g/mol. The van der Waals surface area contributed by atoms with Crippen molar-refractivity contribution in [1.82, 2.24) is 5.32 Å². The minimum atomic E-state index is -0.498. The minimum Gasteiger partial charge on any atom is -0.382 e. The Morgan fingerprint density at radius 2 is 2.29 bits per heavy atom. The maximum atomic E-state index is 11.2. The van der Waals surface area contributed by atoms with Crippen LogP contribution in [0, 0.1) is 0 Å². The number of nitrogens with one attached hydrogen (secondary N) is 2. The van der Waals surface area contributed by atoms with Gasteiger partial charge in [0.05, 0.1) is 10.6 Å². The lowest BCUT2D eigenvalue weighted by Gasteiger charge is -2.22. The molecule has 4 N–H and O–H groups in total. The highest BCUT2D eigenvalue weighted by atomic mass is 35.5. The molecule has 2 atom stereocenters. The van der Waals surface area contributed by atoms with E-state index in [-0.39, 0.29) is 0 Å². The highest BCUT2D eigenvalue weighted by Gasteiger charge is 2.15. The van der Waals surface area contributed by atoms with Crippen LogP contribution in [0.25, 0.3) is 0 Å². The van der Waals surface area contributed by atoms with Gasteiger partial charge >= 0.3 is 0 Å². The molecule has 0 aromatic heterocycles. The first-order chi connectivity index (χ1) is 10.1. The largest absolute Gasteiger partial charge is 0.382 e. The van der Waals surface area contributed by atoms with E-state index in [2.05, 4.69) is 17.6 Å². The molecule has 0 aliphatic carbocycles. The molecule has 2 unspecified atom stereocenters. The molecule has 116 valence electrons. The normalized spacial score (nSPS) is 20.6. The summed E-state index contributed by atoms with van der Waals surface area (Å²) in [7, 11) is 0. The van der Waals surface area contributed by atoms with Crippen LogP contribution >= 0.6 is 11.6 Å². The van der Waals surface area contributed by atoms with Crippen LogP contribution in [0.1, 0.15) is 49.4 Å². The van der Waals surface area contributed by atoms with Crippen LogP contribution in [0.15, 0.2) is 18.2 Å². The number of hydrogen-bond acceptors (Lipinski definition) is 3. The Labute approximate surface area is 131 Å². The fourth-order valence-electron chi connectivity index (χ4n) is 2.88. The van der Waals surface area contributed by atoms with Crippen LogP contribution < -0.4 is 16.4 Å². The van der Waals surface area contributed by atoms with E-state index in [9.17, 15) is 4.79 Å². The highest BCUT2D eigenvalue weighted by molar-refractivity contribution is 6.34. The van der Waals surface area contributed by atoms with Crippen LogP contribution in [-0.4, -0.2) is 24.5 Å². The van der Waals surface area contributed by atoms with Crippen molar-refractivity contribution in [3.05, 3.63) is 28.8 Å². The van der Waals surface area contributed by atoms with Crippen molar-refractivity contribution in [2.45, 2.75) is 51.1 Å². The SMILES string of the molecule is CC(CC1CCCCCN1)Nc1ccc(C(N)=O)c(Cl)c1. The summed E-state index contributed by atoms with van der Waals surface area (Å²) in [5, 5.41) is 7.44. The first-order valence-corrected chi connectivity index (χ1v) is 8.03. The fourth-order valence-corrected chi connectivity index (χ4v) is 3.15. The highest BCUT2D eigenvalue weighted by Crippen LogP contribution is 2.22. The van der Waals surface area contributed by atoms with Crippen molar-refractivity contribution in [3.63, 3.8) is 0 Å². The number of nitrogens with two attached hydrogens (primary N) is 1. The molecule has 4 nitrogen and oxygen atoms in total. The number of carbonyl (C=O) groups is 1. The summed E-state index contributed by atoms with van der Waals surface area (Å²) >= 11 is 6.07. The van der Waals surface area contributed by atoms with E-state index >= 15 is 0 Å². The number of hydrogen-bond donors (Lipinski definition) is 3. The molecule has 0 spiro atoms. The summed E-state index contributed by atoms with van der Waals surface area (Å²) in [5.41, 5.74) is 6.54. The quantitative estimate of drug-likeness (QED) is 0.782. The fraction of sp³-hybridized carbons (Fsp3) is 0.562. The molecule has 21 heavy (non-hydrogen) atoms. The predicted molar refractivity (Wildman–Crippen MR) is 87.9 cm³/mol. The lowest BCUT2D eigenvalue weighted by Crippen LogP contribution is -2.33. The first kappa shape index (κ1) is 16.1. The van der Waals surface area contributed by atoms with E-state index in [4.69, 9.17) is 17.3 Å². The molecular formula is C16H24ClN3O. The van der Waals surface area contributed by atoms with E-state index in [1.165, 1.54) is 25.7 Å². The molecule has 0 saturated carbocycles. The minimum absolute atomic E-state index is 0.344. The molecule has 1 amide bonds. The molecule has 1 fully saturated rings. The second-order valence-corrected chi connectivity index (χ2v) is 6.25. The zero-order chi connectivity index (χ0) is 15.2. The monoisotopic (exact) mass is 309 g/mol. The van der Waals surface area contributed by atoms with E-state index in [1.54, 1.807) is 12.1 Å². The van der Waals surface area contributed by atoms with Gasteiger partial charge in [-0.05, 0) is 50.9 Å². The van der Waals surface area contributed by atoms with Gasteiger partial charge in [0, 0.05) is 17.8 Å². The van der Waals surface area contributed by atoms with Gasteiger partial charge in [-0.25, -0.2) is 0 Å². The maximum Gasteiger partial charge on any atom is 0.250 e. The number of benzene rings is 1. The number of amides is 1. The van der Waals surface area contributed by atoms with Gasteiger partial charge in [-0.2, -0.15) is 0 Å². The van der Waals surface area contributed by atoms with Gasteiger partial charge in [0.2, 0.25) is 5.91 Å². The van der Waals surface area contributed by atoms with Crippen LogP contribution in [0.5, 0.6) is 0 Å². The average molecular weight is 310 g/mol. The zero-order valence-corrected chi connectivity index (χ0v) is 13.2. The van der Waals surface area contributed by atoms with Crippen molar-refractivity contribution < 1.29 is 4.79 Å². The topological polar surface area (TPSA) is 67.2 Å². The number of halogens is 1. The number of rotatable bonds is 5. The summed E-state index contributed by atoms with van der Waals surface area (Å²) in [6.45, 7) is 3.29. The zero-order valence-electron chi connectivity index (χ0n) is 12.5. The Bertz CT molecular complexity index is 484. The third-order valence-corrected chi connectivity index (χ3v) is 4.26. The number of carbonyl (C=O) groups excluding carboxylic acids is 1. The Morgan fingerprint density at radius 1 is 1.48 bits per heavy atom. The summed E-state index contributed by atoms with van der Waals surface area (Å²) < 4.78 is 0. The molecule has 1 heterocycles. The van der Waals surface area contributed by atoms with Crippen molar-refractivity contribution in [3.8, 4) is 0 Å². The maximum absolute atomic E-state index is 11.2. The predicted octanol–water partition coefficient (Wildman–Crippen LogP) is 3.16. The van der Waals surface area contributed by atoms with Gasteiger partial charge < -0.3 is 16.4 Å². The van der Waals surface area contributed by atoms with Gasteiger partial charge in [0.1, 0.15) is 0 Å². The molecule has 0 bridgehead atoms. The van der Waals surface area contributed by atoms with E-state index in [0.29, 0.717) is 22.7 Å². The van der Waals surface area contributed by atoms with Gasteiger partial charge in [-0.15, -0.1) is 0 Å². The lowest BCUT2D eigenvalue weighted by molar-refractivity contribution is 0.100.